The Bertz CT molecular complexity index is 553. The van der Waals surface area contributed by atoms with Gasteiger partial charge in [0.05, 0.1) is 10.0 Å². The van der Waals surface area contributed by atoms with Crippen molar-refractivity contribution in [1.29, 1.82) is 0 Å². The van der Waals surface area contributed by atoms with E-state index in [0.29, 0.717) is 22.4 Å². The van der Waals surface area contributed by atoms with Gasteiger partial charge >= 0.3 is 0 Å². The monoisotopic (exact) mass is 304 g/mol. The van der Waals surface area contributed by atoms with Crippen molar-refractivity contribution < 1.29 is 0 Å². The molecule has 96 valence electrons. The Labute approximate surface area is 120 Å². The summed E-state index contributed by atoms with van der Waals surface area (Å²) in [7, 11) is 1.95. The van der Waals surface area contributed by atoms with E-state index in [2.05, 4.69) is 15.3 Å². The average Bonchev–Trinajstić information content (AvgIpc) is 2.72. The second-order valence-electron chi connectivity index (χ2n) is 3.72. The quantitative estimate of drug-likeness (QED) is 0.880. The molecule has 2 rings (SSSR count). The van der Waals surface area contributed by atoms with Crippen LogP contribution in [0.3, 0.4) is 0 Å². The maximum atomic E-state index is 6.00. The minimum Gasteiger partial charge on any atom is -0.368 e. The van der Waals surface area contributed by atoms with Crippen molar-refractivity contribution >= 4 is 40.6 Å². The lowest BCUT2D eigenvalue weighted by Gasteiger charge is -2.08. The number of nitrogens with one attached hydrogen (secondary N) is 1. The summed E-state index contributed by atoms with van der Waals surface area (Å²) < 4.78 is 1.96. The average molecular weight is 306 g/mol. The van der Waals surface area contributed by atoms with Gasteiger partial charge in [-0.25, -0.2) is 9.97 Å². The lowest BCUT2D eigenvalue weighted by atomic mass is 10.4. The fourth-order valence-corrected chi connectivity index (χ4v) is 2.06. The highest BCUT2D eigenvalue weighted by molar-refractivity contribution is 6.42. The summed E-state index contributed by atoms with van der Waals surface area (Å²) in [4.78, 5) is 8.30. The molecular weight excluding hydrogens is 295 g/mol. The molecule has 0 amide bonds. The summed E-state index contributed by atoms with van der Waals surface area (Å²) in [5.74, 6) is 1.51. The SMILES string of the molecule is Cn1ccnc1CCNc1nc(Cl)c(Cl)cc1Cl. The Hall–Kier alpha value is -0.970. The van der Waals surface area contributed by atoms with Gasteiger partial charge in [-0.3, -0.25) is 0 Å². The predicted octanol–water partition coefficient (Wildman–Crippen LogP) is 3.43. The number of nitrogens with zero attached hydrogens (tertiary/aromatic N) is 3. The maximum absolute atomic E-state index is 6.00. The van der Waals surface area contributed by atoms with Crippen molar-refractivity contribution in [3.05, 3.63) is 39.5 Å². The van der Waals surface area contributed by atoms with Gasteiger partial charge in [0.25, 0.3) is 0 Å². The fourth-order valence-electron chi connectivity index (χ4n) is 1.50. The van der Waals surface area contributed by atoms with Gasteiger partial charge in [0.15, 0.2) is 0 Å². The van der Waals surface area contributed by atoms with Crippen LogP contribution in [0.4, 0.5) is 5.82 Å². The van der Waals surface area contributed by atoms with E-state index in [1.807, 2.05) is 17.8 Å². The van der Waals surface area contributed by atoms with E-state index in [1.165, 1.54) is 0 Å². The van der Waals surface area contributed by atoms with Gasteiger partial charge in [0, 0.05) is 32.4 Å². The van der Waals surface area contributed by atoms with Gasteiger partial charge in [-0.1, -0.05) is 34.8 Å². The molecule has 0 unspecified atom stereocenters. The third-order valence-electron chi connectivity index (χ3n) is 2.45. The van der Waals surface area contributed by atoms with Gasteiger partial charge in [0.1, 0.15) is 16.8 Å². The number of pyridine rings is 1. The highest BCUT2D eigenvalue weighted by Crippen LogP contribution is 2.28. The summed E-state index contributed by atoms with van der Waals surface area (Å²) in [5.41, 5.74) is 0. The molecule has 7 heteroatoms. The molecule has 0 bridgehead atoms. The Morgan fingerprint density at radius 3 is 2.72 bits per heavy atom. The minimum atomic E-state index is 0.237. The van der Waals surface area contributed by atoms with Gasteiger partial charge < -0.3 is 9.88 Å². The Morgan fingerprint density at radius 2 is 2.06 bits per heavy atom. The summed E-state index contributed by atoms with van der Waals surface area (Å²) in [6.07, 6.45) is 4.43. The molecule has 0 fully saturated rings. The molecule has 4 nitrogen and oxygen atoms in total. The van der Waals surface area contributed by atoms with Crippen molar-refractivity contribution in [2.75, 3.05) is 11.9 Å². The first-order valence-electron chi connectivity index (χ1n) is 5.29. The van der Waals surface area contributed by atoms with Crippen LogP contribution in [0.1, 0.15) is 5.82 Å². The first-order chi connectivity index (χ1) is 8.58. The van der Waals surface area contributed by atoms with Gasteiger partial charge in [0.2, 0.25) is 0 Å². The first-order valence-corrected chi connectivity index (χ1v) is 6.43. The molecule has 0 atom stereocenters. The van der Waals surface area contributed by atoms with Gasteiger partial charge in [-0.15, -0.1) is 0 Å². The molecule has 0 aliphatic rings. The lowest BCUT2D eigenvalue weighted by molar-refractivity contribution is 0.788. The number of aromatic nitrogens is 3. The van der Waals surface area contributed by atoms with Crippen LogP contribution in [0, 0.1) is 0 Å². The van der Waals surface area contributed by atoms with Crippen LogP contribution in [0.2, 0.25) is 15.2 Å². The van der Waals surface area contributed by atoms with E-state index in [9.17, 15) is 0 Å². The molecule has 0 aliphatic carbocycles. The van der Waals surface area contributed by atoms with E-state index in [-0.39, 0.29) is 5.15 Å². The summed E-state index contributed by atoms with van der Waals surface area (Å²) >= 11 is 17.6. The third kappa shape index (κ3) is 3.07. The standard InChI is InChI=1S/C11H11Cl3N4/c1-18-5-4-15-9(18)2-3-16-11-8(13)6-7(12)10(14)17-11/h4-6H,2-3H2,1H3,(H,16,17). The highest BCUT2D eigenvalue weighted by Gasteiger charge is 2.07. The third-order valence-corrected chi connectivity index (χ3v) is 3.41. The molecule has 2 aromatic rings. The number of aryl methyl sites for hydroxylation is 1. The van der Waals surface area contributed by atoms with Crippen molar-refractivity contribution in [2.45, 2.75) is 6.42 Å². The number of hydrogen-bond acceptors (Lipinski definition) is 3. The van der Waals surface area contributed by atoms with Crippen LogP contribution >= 0.6 is 34.8 Å². The predicted molar refractivity (Wildman–Crippen MR) is 74.7 cm³/mol. The van der Waals surface area contributed by atoms with Crippen LogP contribution in [-0.4, -0.2) is 21.1 Å². The van der Waals surface area contributed by atoms with Gasteiger partial charge in [-0.05, 0) is 6.07 Å². The lowest BCUT2D eigenvalue weighted by Crippen LogP contribution is -2.10. The number of hydrogen-bond donors (Lipinski definition) is 1. The molecule has 0 saturated heterocycles. The van der Waals surface area contributed by atoms with E-state index in [0.717, 1.165) is 12.2 Å². The summed E-state index contributed by atoms with van der Waals surface area (Å²) in [6.45, 7) is 0.662. The van der Waals surface area contributed by atoms with Gasteiger partial charge in [-0.2, -0.15) is 0 Å². The first kappa shape index (κ1) is 13.5. The molecule has 1 N–H and O–H groups in total. The molecule has 2 aromatic heterocycles. The Morgan fingerprint density at radius 1 is 1.28 bits per heavy atom. The zero-order valence-corrected chi connectivity index (χ0v) is 11.9. The molecule has 0 radical (unpaired) electrons. The van der Waals surface area contributed by atoms with E-state index < -0.39 is 0 Å². The molecule has 0 aromatic carbocycles. The maximum Gasteiger partial charge on any atom is 0.150 e. The van der Waals surface area contributed by atoms with Crippen molar-refractivity contribution in [1.82, 2.24) is 14.5 Å². The second-order valence-corrected chi connectivity index (χ2v) is 4.89. The number of halogens is 3. The zero-order valence-electron chi connectivity index (χ0n) is 9.62. The number of imidazole rings is 1. The highest BCUT2D eigenvalue weighted by atomic mass is 35.5. The number of anilines is 1. The van der Waals surface area contributed by atoms with Crippen LogP contribution in [0.25, 0.3) is 0 Å². The van der Waals surface area contributed by atoms with Crippen LogP contribution in [-0.2, 0) is 13.5 Å². The van der Waals surface area contributed by atoms with Crippen molar-refractivity contribution in [2.24, 2.45) is 7.05 Å². The van der Waals surface area contributed by atoms with Crippen LogP contribution in [0.5, 0.6) is 0 Å². The molecule has 2 heterocycles. The Kier molecular flexibility index (Phi) is 4.32. The minimum absolute atomic E-state index is 0.237. The number of rotatable bonds is 4. The smallest absolute Gasteiger partial charge is 0.150 e. The van der Waals surface area contributed by atoms with Crippen molar-refractivity contribution in [3.63, 3.8) is 0 Å². The summed E-state index contributed by atoms with van der Waals surface area (Å²) in [5, 5.41) is 4.14. The zero-order chi connectivity index (χ0) is 13.1. The largest absolute Gasteiger partial charge is 0.368 e. The molecular formula is C11H11Cl3N4. The molecule has 0 spiro atoms. The summed E-state index contributed by atoms with van der Waals surface area (Å²) in [6, 6.07) is 1.57. The van der Waals surface area contributed by atoms with E-state index in [4.69, 9.17) is 34.8 Å². The van der Waals surface area contributed by atoms with Crippen molar-refractivity contribution in [3.8, 4) is 0 Å². The molecule has 0 saturated carbocycles. The molecule has 18 heavy (non-hydrogen) atoms. The Balaban J connectivity index is 1.99. The van der Waals surface area contributed by atoms with E-state index >= 15 is 0 Å². The van der Waals surface area contributed by atoms with E-state index in [1.54, 1.807) is 12.3 Å². The topological polar surface area (TPSA) is 42.7 Å². The second kappa shape index (κ2) is 5.78. The van der Waals surface area contributed by atoms with Crippen LogP contribution < -0.4 is 5.32 Å². The normalized spacial score (nSPS) is 10.7. The fraction of sp³-hybridized carbons (Fsp3) is 0.273. The van der Waals surface area contributed by atoms with Crippen LogP contribution in [0.15, 0.2) is 18.5 Å². The molecule has 0 aliphatic heterocycles.